The highest BCUT2D eigenvalue weighted by Crippen LogP contribution is 2.30. The number of ether oxygens (including phenoxy) is 2. The van der Waals surface area contributed by atoms with E-state index in [1.165, 1.54) is 6.92 Å². The molecule has 1 aliphatic rings. The standard InChI is InChI=1S/C22H32N2O5/c1-15(2)19(22(27)28-14-17-10-6-4-7-11-17)20(26)24(23)21(29-16(3)25)18-12-8-5-9-13-18/h4,6-7,10-11,15,18-19,21H,5,8-9,12-14,23H2,1-3H3. The summed E-state index contributed by atoms with van der Waals surface area (Å²) in [6.45, 7) is 4.90. The Bertz CT molecular complexity index is 686. The monoisotopic (exact) mass is 404 g/mol. The number of hydrogen-bond acceptors (Lipinski definition) is 6. The molecule has 7 nitrogen and oxygen atoms in total. The van der Waals surface area contributed by atoms with Gasteiger partial charge in [-0.2, -0.15) is 0 Å². The molecule has 1 saturated carbocycles. The lowest BCUT2D eigenvalue weighted by atomic mass is 9.87. The van der Waals surface area contributed by atoms with Crippen LogP contribution in [0.1, 0.15) is 58.4 Å². The molecule has 0 aromatic heterocycles. The summed E-state index contributed by atoms with van der Waals surface area (Å²) < 4.78 is 10.8. The molecule has 160 valence electrons. The molecule has 7 heteroatoms. The average Bonchev–Trinajstić information content (AvgIpc) is 2.71. The van der Waals surface area contributed by atoms with Crippen molar-refractivity contribution in [2.45, 2.75) is 65.7 Å². The van der Waals surface area contributed by atoms with E-state index < -0.39 is 30.0 Å². The van der Waals surface area contributed by atoms with Gasteiger partial charge in [0.15, 0.2) is 6.23 Å². The maximum Gasteiger partial charge on any atom is 0.319 e. The van der Waals surface area contributed by atoms with Gasteiger partial charge in [0.1, 0.15) is 12.5 Å². The Balaban J connectivity index is 2.11. The molecule has 2 unspecified atom stereocenters. The summed E-state index contributed by atoms with van der Waals surface area (Å²) in [6.07, 6.45) is 3.88. The summed E-state index contributed by atoms with van der Waals surface area (Å²) in [6, 6.07) is 9.26. The highest BCUT2D eigenvalue weighted by molar-refractivity contribution is 5.98. The van der Waals surface area contributed by atoms with Crippen LogP contribution in [-0.4, -0.2) is 29.1 Å². The quantitative estimate of drug-likeness (QED) is 0.178. The van der Waals surface area contributed by atoms with Crippen LogP contribution in [0, 0.1) is 17.8 Å². The first-order valence-electron chi connectivity index (χ1n) is 10.3. The first-order chi connectivity index (χ1) is 13.8. The second kappa shape index (κ2) is 11.0. The second-order valence-corrected chi connectivity index (χ2v) is 7.96. The van der Waals surface area contributed by atoms with Crippen LogP contribution >= 0.6 is 0 Å². The molecule has 29 heavy (non-hydrogen) atoms. The van der Waals surface area contributed by atoms with Gasteiger partial charge in [0.05, 0.1) is 0 Å². The van der Waals surface area contributed by atoms with E-state index >= 15 is 0 Å². The van der Waals surface area contributed by atoms with Crippen LogP contribution in [0.25, 0.3) is 0 Å². The molecule has 0 heterocycles. The molecule has 1 aromatic carbocycles. The maximum absolute atomic E-state index is 13.1. The van der Waals surface area contributed by atoms with Crippen LogP contribution in [0.4, 0.5) is 0 Å². The van der Waals surface area contributed by atoms with Gasteiger partial charge in [0.25, 0.3) is 5.91 Å². The third kappa shape index (κ3) is 6.56. The van der Waals surface area contributed by atoms with Gasteiger partial charge in [-0.1, -0.05) is 63.4 Å². The van der Waals surface area contributed by atoms with Gasteiger partial charge in [-0.25, -0.2) is 10.9 Å². The molecular formula is C22H32N2O5. The Kier molecular flexibility index (Phi) is 8.64. The number of nitrogens with two attached hydrogens (primary N) is 1. The third-order valence-electron chi connectivity index (χ3n) is 5.28. The van der Waals surface area contributed by atoms with Gasteiger partial charge in [-0.3, -0.25) is 14.4 Å². The Morgan fingerprint density at radius 2 is 1.72 bits per heavy atom. The van der Waals surface area contributed by atoms with E-state index in [1.807, 2.05) is 30.3 Å². The van der Waals surface area contributed by atoms with E-state index in [4.69, 9.17) is 15.3 Å². The minimum atomic E-state index is -1.06. The largest absolute Gasteiger partial charge is 0.460 e. The summed E-state index contributed by atoms with van der Waals surface area (Å²) in [5.74, 6) is 2.99. The van der Waals surface area contributed by atoms with Gasteiger partial charge in [-0.15, -0.1) is 0 Å². The number of nitrogens with zero attached hydrogens (tertiary/aromatic N) is 1. The first-order valence-corrected chi connectivity index (χ1v) is 10.3. The fraction of sp³-hybridized carbons (Fsp3) is 0.591. The Hall–Kier alpha value is -2.41. The highest BCUT2D eigenvalue weighted by Gasteiger charge is 2.40. The molecule has 0 radical (unpaired) electrons. The summed E-state index contributed by atoms with van der Waals surface area (Å²) in [5, 5.41) is 0.936. The van der Waals surface area contributed by atoms with Crippen LogP contribution in [0.5, 0.6) is 0 Å². The predicted octanol–water partition coefficient (Wildman–Crippen LogP) is 3.17. The van der Waals surface area contributed by atoms with Crippen LogP contribution in [0.3, 0.4) is 0 Å². The number of esters is 2. The smallest absolute Gasteiger partial charge is 0.319 e. The molecule has 1 aliphatic carbocycles. The fourth-order valence-corrected chi connectivity index (χ4v) is 3.73. The summed E-state index contributed by atoms with van der Waals surface area (Å²) in [7, 11) is 0. The van der Waals surface area contributed by atoms with Crippen molar-refractivity contribution < 1.29 is 23.9 Å². The van der Waals surface area contributed by atoms with Crippen molar-refractivity contribution in [3.8, 4) is 0 Å². The predicted molar refractivity (Wildman–Crippen MR) is 108 cm³/mol. The first kappa shape index (κ1) is 22.9. The van der Waals surface area contributed by atoms with Crippen LogP contribution in [-0.2, 0) is 30.5 Å². The summed E-state index contributed by atoms with van der Waals surface area (Å²) >= 11 is 0. The van der Waals surface area contributed by atoms with Crippen molar-refractivity contribution in [3.05, 3.63) is 35.9 Å². The Labute approximate surface area is 172 Å². The SMILES string of the molecule is CC(=O)OC(C1CCCCC1)N(N)C(=O)C(C(=O)OCc1ccccc1)C(C)C. The Morgan fingerprint density at radius 1 is 1.10 bits per heavy atom. The minimum absolute atomic E-state index is 0.0326. The van der Waals surface area contributed by atoms with Gasteiger partial charge < -0.3 is 9.47 Å². The van der Waals surface area contributed by atoms with Crippen molar-refractivity contribution in [2.75, 3.05) is 0 Å². The third-order valence-corrected chi connectivity index (χ3v) is 5.28. The Morgan fingerprint density at radius 3 is 2.28 bits per heavy atom. The number of carbonyl (C=O) groups excluding carboxylic acids is 3. The number of amides is 1. The molecule has 2 N–H and O–H groups in total. The lowest BCUT2D eigenvalue weighted by molar-refractivity contribution is -0.177. The van der Waals surface area contributed by atoms with Crippen molar-refractivity contribution >= 4 is 17.8 Å². The van der Waals surface area contributed by atoms with Crippen LogP contribution < -0.4 is 5.84 Å². The van der Waals surface area contributed by atoms with E-state index in [1.54, 1.807) is 13.8 Å². The molecule has 2 atom stereocenters. The molecular weight excluding hydrogens is 372 g/mol. The minimum Gasteiger partial charge on any atom is -0.460 e. The van der Waals surface area contributed by atoms with Gasteiger partial charge in [-0.05, 0) is 24.3 Å². The zero-order chi connectivity index (χ0) is 21.4. The fourth-order valence-electron chi connectivity index (χ4n) is 3.73. The average molecular weight is 405 g/mol. The van der Waals surface area contributed by atoms with Crippen LogP contribution in [0.2, 0.25) is 0 Å². The van der Waals surface area contributed by atoms with E-state index in [2.05, 4.69) is 0 Å². The highest BCUT2D eigenvalue weighted by atomic mass is 16.6. The van der Waals surface area contributed by atoms with Gasteiger partial charge in [0, 0.05) is 12.8 Å². The lowest BCUT2D eigenvalue weighted by Crippen LogP contribution is -2.55. The number of hydrazine groups is 1. The van der Waals surface area contributed by atoms with E-state index in [-0.39, 0.29) is 18.4 Å². The van der Waals surface area contributed by atoms with Gasteiger partial charge >= 0.3 is 11.9 Å². The van der Waals surface area contributed by atoms with Crippen molar-refractivity contribution in [3.63, 3.8) is 0 Å². The molecule has 2 rings (SSSR count). The van der Waals surface area contributed by atoms with Crippen molar-refractivity contribution in [1.82, 2.24) is 5.01 Å². The maximum atomic E-state index is 13.1. The van der Waals surface area contributed by atoms with Crippen molar-refractivity contribution in [1.29, 1.82) is 0 Å². The molecule has 0 saturated heterocycles. The number of rotatable bonds is 8. The van der Waals surface area contributed by atoms with Crippen molar-refractivity contribution in [2.24, 2.45) is 23.6 Å². The summed E-state index contributed by atoms with van der Waals surface area (Å²) in [4.78, 5) is 37.4. The zero-order valence-corrected chi connectivity index (χ0v) is 17.5. The van der Waals surface area contributed by atoms with E-state index in [0.29, 0.717) is 0 Å². The normalized spacial score (nSPS) is 16.7. The number of hydrogen-bond donors (Lipinski definition) is 1. The topological polar surface area (TPSA) is 98.9 Å². The zero-order valence-electron chi connectivity index (χ0n) is 17.5. The molecule has 0 aliphatic heterocycles. The summed E-state index contributed by atoms with van der Waals surface area (Å²) in [5.41, 5.74) is 0.834. The van der Waals surface area contributed by atoms with Crippen LogP contribution in [0.15, 0.2) is 30.3 Å². The molecule has 1 amide bonds. The molecule has 0 bridgehead atoms. The van der Waals surface area contributed by atoms with E-state index in [9.17, 15) is 14.4 Å². The lowest BCUT2D eigenvalue weighted by Gasteiger charge is -2.36. The molecule has 1 aromatic rings. The number of carbonyl (C=O) groups is 3. The number of benzene rings is 1. The van der Waals surface area contributed by atoms with E-state index in [0.717, 1.165) is 42.7 Å². The molecule has 0 spiro atoms. The van der Waals surface area contributed by atoms with Gasteiger partial charge in [0.2, 0.25) is 0 Å². The second-order valence-electron chi connectivity index (χ2n) is 7.96. The molecule has 1 fully saturated rings.